The van der Waals surface area contributed by atoms with Crippen molar-refractivity contribution >= 4 is 53.4 Å². The fraction of sp³-hybridized carbons (Fsp3) is 0.417. The summed E-state index contributed by atoms with van der Waals surface area (Å²) in [7, 11) is 3.06. The first kappa shape index (κ1) is 37.5. The summed E-state index contributed by atoms with van der Waals surface area (Å²) in [5.41, 5.74) is 3.59. The molecule has 0 aromatic heterocycles. The Kier molecular flexibility index (Phi) is 12.4. The molecule has 0 bridgehead atoms. The zero-order valence-corrected chi connectivity index (χ0v) is 30.6. The van der Waals surface area contributed by atoms with Crippen LogP contribution < -0.4 is 4.74 Å². The minimum atomic E-state index is -0.470. The van der Waals surface area contributed by atoms with Crippen LogP contribution in [0.2, 0.25) is 10.0 Å². The number of carbonyl (C=O) groups excluding carboxylic acids is 2. The van der Waals surface area contributed by atoms with E-state index in [4.69, 9.17) is 37.8 Å². The molecule has 5 rings (SSSR count). The van der Waals surface area contributed by atoms with Crippen LogP contribution in [0.4, 0.5) is 4.79 Å². The molecule has 2 heterocycles. The van der Waals surface area contributed by atoms with Crippen LogP contribution in [0, 0.1) is 0 Å². The third kappa shape index (κ3) is 8.26. The molecule has 2 atom stereocenters. The molecule has 3 aromatic rings. The SMILES string of the molecule is CCOc1cc(C(C)(C)C)ccc1C1=N[C@@H](c2ccc(Cl)cc2)[C@@H](c2ccc(Cl)cc2)N1C(=O)N1CCN(CC(=O)N(C)OC)CC1.Cl. The van der Waals surface area contributed by atoms with Gasteiger partial charge in [-0.3, -0.25) is 24.4 Å². The summed E-state index contributed by atoms with van der Waals surface area (Å²) in [6.45, 7) is 11.1. The maximum Gasteiger partial charge on any atom is 0.326 e. The molecule has 0 saturated carbocycles. The highest BCUT2D eigenvalue weighted by Gasteiger charge is 2.45. The van der Waals surface area contributed by atoms with Gasteiger partial charge < -0.3 is 9.64 Å². The van der Waals surface area contributed by atoms with Gasteiger partial charge in [0.2, 0.25) is 0 Å². The average Bonchev–Trinajstić information content (AvgIpc) is 3.45. The van der Waals surface area contributed by atoms with Crippen molar-refractivity contribution in [2.45, 2.75) is 45.2 Å². The number of hydrogen-bond donors (Lipinski definition) is 0. The number of halogens is 3. The highest BCUT2D eigenvalue weighted by Crippen LogP contribution is 2.46. The predicted octanol–water partition coefficient (Wildman–Crippen LogP) is 7.41. The Labute approximate surface area is 299 Å². The van der Waals surface area contributed by atoms with Crippen LogP contribution in [0.15, 0.2) is 71.7 Å². The van der Waals surface area contributed by atoms with Gasteiger partial charge in [-0.05, 0) is 65.4 Å². The fourth-order valence-corrected chi connectivity index (χ4v) is 6.20. The Balaban J connectivity index is 0.00000520. The van der Waals surface area contributed by atoms with E-state index in [1.165, 1.54) is 12.2 Å². The van der Waals surface area contributed by atoms with Crippen molar-refractivity contribution < 1.29 is 19.2 Å². The first-order valence-corrected chi connectivity index (χ1v) is 16.6. The van der Waals surface area contributed by atoms with Gasteiger partial charge in [0.25, 0.3) is 5.91 Å². The summed E-state index contributed by atoms with van der Waals surface area (Å²) in [6.07, 6.45) is 0. The summed E-state index contributed by atoms with van der Waals surface area (Å²) < 4.78 is 6.23. The minimum absolute atomic E-state index is 0. The molecule has 0 spiro atoms. The van der Waals surface area contributed by atoms with Crippen LogP contribution in [0.3, 0.4) is 0 Å². The summed E-state index contributed by atoms with van der Waals surface area (Å²) in [5.74, 6) is 1.07. The van der Waals surface area contributed by atoms with E-state index in [0.717, 1.165) is 22.3 Å². The van der Waals surface area contributed by atoms with Gasteiger partial charge in [-0.1, -0.05) is 74.3 Å². The van der Waals surface area contributed by atoms with Gasteiger partial charge in [0.1, 0.15) is 17.6 Å². The van der Waals surface area contributed by atoms with Gasteiger partial charge >= 0.3 is 6.03 Å². The highest BCUT2D eigenvalue weighted by molar-refractivity contribution is 6.30. The zero-order chi connectivity index (χ0) is 33.9. The number of amides is 3. The molecule has 3 amide bonds. The van der Waals surface area contributed by atoms with Crippen LogP contribution >= 0.6 is 35.6 Å². The van der Waals surface area contributed by atoms with E-state index in [0.29, 0.717) is 54.4 Å². The second kappa shape index (κ2) is 15.9. The largest absolute Gasteiger partial charge is 0.493 e. The van der Waals surface area contributed by atoms with Gasteiger partial charge in [0.15, 0.2) is 0 Å². The average molecular weight is 717 g/mol. The lowest BCUT2D eigenvalue weighted by Gasteiger charge is -2.39. The molecule has 2 aliphatic heterocycles. The smallest absolute Gasteiger partial charge is 0.326 e. The number of likely N-dealkylation sites (N-methyl/N-ethyl adjacent to an activating group) is 1. The lowest BCUT2D eigenvalue weighted by Crippen LogP contribution is -2.55. The van der Waals surface area contributed by atoms with Gasteiger partial charge in [0.05, 0.1) is 31.9 Å². The Bertz CT molecular complexity index is 1600. The maximum atomic E-state index is 14.8. The molecule has 48 heavy (non-hydrogen) atoms. The minimum Gasteiger partial charge on any atom is -0.493 e. The topological polar surface area (TPSA) is 77.9 Å². The molecule has 258 valence electrons. The van der Waals surface area contributed by atoms with Crippen LogP contribution in [-0.2, 0) is 15.0 Å². The van der Waals surface area contributed by atoms with E-state index < -0.39 is 12.1 Å². The van der Waals surface area contributed by atoms with Crippen molar-refractivity contribution in [3.63, 3.8) is 0 Å². The Morgan fingerprint density at radius 3 is 2.04 bits per heavy atom. The number of hydroxylamine groups is 2. The molecular weight excluding hydrogens is 673 g/mol. The second-order valence-corrected chi connectivity index (χ2v) is 13.7. The molecule has 1 saturated heterocycles. The highest BCUT2D eigenvalue weighted by atomic mass is 35.5. The zero-order valence-electron chi connectivity index (χ0n) is 28.3. The molecule has 12 heteroatoms. The molecule has 2 aliphatic rings. The van der Waals surface area contributed by atoms with E-state index in [1.54, 1.807) is 7.05 Å². The number of aliphatic imine (C=N–C) groups is 1. The summed E-state index contributed by atoms with van der Waals surface area (Å²) in [4.78, 5) is 43.3. The van der Waals surface area contributed by atoms with E-state index in [2.05, 4.69) is 32.9 Å². The van der Waals surface area contributed by atoms with Gasteiger partial charge in [-0.15, -0.1) is 12.4 Å². The summed E-state index contributed by atoms with van der Waals surface area (Å²) >= 11 is 12.6. The first-order valence-electron chi connectivity index (χ1n) is 15.9. The standard InChI is InChI=1S/C36H43Cl2N5O4.ClH/c1-7-47-30-22-26(36(2,3)4)12-17-29(30)34-39-32(24-8-13-27(37)14-9-24)33(25-10-15-28(38)16-11-25)43(34)35(45)42-20-18-41(19-21-42)23-31(44)40(5)46-6;/h8-17,22,32-33H,7,18-21,23H2,1-6H3;1H/t32-,33+;/m0./s1. The number of urea groups is 1. The Morgan fingerprint density at radius 1 is 0.917 bits per heavy atom. The van der Waals surface area contributed by atoms with Crippen LogP contribution in [0.5, 0.6) is 5.75 Å². The molecule has 9 nitrogen and oxygen atoms in total. The van der Waals surface area contributed by atoms with Crippen LogP contribution in [-0.4, -0.2) is 91.0 Å². The Morgan fingerprint density at radius 2 is 1.50 bits per heavy atom. The maximum absolute atomic E-state index is 14.8. The Hall–Kier alpha value is -3.34. The number of hydrogen-bond acceptors (Lipinski definition) is 6. The number of amidine groups is 1. The lowest BCUT2D eigenvalue weighted by molar-refractivity contribution is -0.170. The quantitative estimate of drug-likeness (QED) is 0.227. The number of nitrogens with zero attached hydrogens (tertiary/aromatic N) is 5. The van der Waals surface area contributed by atoms with Crippen molar-refractivity contribution in [2.24, 2.45) is 4.99 Å². The van der Waals surface area contributed by atoms with Crippen molar-refractivity contribution in [3.8, 4) is 5.75 Å². The molecule has 0 unspecified atom stereocenters. The summed E-state index contributed by atoms with van der Waals surface area (Å²) in [6, 6.07) is 20.3. The van der Waals surface area contributed by atoms with Crippen molar-refractivity contribution in [1.82, 2.24) is 19.8 Å². The molecule has 0 N–H and O–H groups in total. The second-order valence-electron chi connectivity index (χ2n) is 12.8. The summed E-state index contributed by atoms with van der Waals surface area (Å²) in [5, 5.41) is 2.45. The molecule has 0 aliphatic carbocycles. The fourth-order valence-electron chi connectivity index (χ4n) is 5.95. The third-order valence-corrected chi connectivity index (χ3v) is 9.22. The van der Waals surface area contributed by atoms with Crippen molar-refractivity contribution in [3.05, 3.63) is 99.0 Å². The number of rotatable bonds is 8. The monoisotopic (exact) mass is 715 g/mol. The third-order valence-electron chi connectivity index (χ3n) is 8.71. The van der Waals surface area contributed by atoms with Crippen LogP contribution in [0.1, 0.15) is 62.0 Å². The predicted molar refractivity (Wildman–Crippen MR) is 194 cm³/mol. The van der Waals surface area contributed by atoms with Crippen molar-refractivity contribution in [2.75, 3.05) is 53.5 Å². The van der Waals surface area contributed by atoms with E-state index in [9.17, 15) is 9.59 Å². The lowest BCUT2D eigenvalue weighted by atomic mass is 9.86. The molecular formula is C36H44Cl3N5O4. The molecule has 3 aromatic carbocycles. The normalized spacial score (nSPS) is 18.3. The van der Waals surface area contributed by atoms with Crippen molar-refractivity contribution in [1.29, 1.82) is 0 Å². The number of benzene rings is 3. The molecule has 1 fully saturated rings. The first-order chi connectivity index (χ1) is 22.4. The van der Waals surface area contributed by atoms with E-state index >= 15 is 0 Å². The number of carbonyl (C=O) groups is 2. The number of ether oxygens (including phenoxy) is 1. The van der Waals surface area contributed by atoms with Gasteiger partial charge in [0, 0.05) is 43.3 Å². The van der Waals surface area contributed by atoms with Gasteiger partial charge in [-0.25, -0.2) is 9.86 Å². The number of piperazine rings is 1. The molecule has 0 radical (unpaired) electrons. The van der Waals surface area contributed by atoms with Gasteiger partial charge in [-0.2, -0.15) is 0 Å². The van der Waals surface area contributed by atoms with E-state index in [-0.39, 0.29) is 36.3 Å². The van der Waals surface area contributed by atoms with Crippen LogP contribution in [0.25, 0.3) is 0 Å². The van der Waals surface area contributed by atoms with E-state index in [1.807, 2.05) is 76.2 Å².